The molecule has 0 spiro atoms. The molecule has 0 saturated carbocycles. The highest BCUT2D eigenvalue weighted by atomic mass is 15.2. The van der Waals surface area contributed by atoms with E-state index >= 15 is 0 Å². The number of rotatable bonds is 3. The van der Waals surface area contributed by atoms with Gasteiger partial charge in [0.2, 0.25) is 5.95 Å². The van der Waals surface area contributed by atoms with E-state index in [4.69, 9.17) is 0 Å². The molecule has 0 fully saturated rings. The Morgan fingerprint density at radius 3 is 2.95 bits per heavy atom. The summed E-state index contributed by atoms with van der Waals surface area (Å²) in [7, 11) is 0. The second-order valence-electron chi connectivity index (χ2n) is 5.11. The first-order valence-electron chi connectivity index (χ1n) is 7.23. The molecule has 1 aromatic heterocycles. The van der Waals surface area contributed by atoms with Crippen LogP contribution in [0.1, 0.15) is 24.6 Å². The topological polar surface area (TPSA) is 41.1 Å². The fraction of sp³-hybridized carbons (Fsp3) is 0.375. The smallest absolute Gasteiger partial charge is 0.224 e. The Kier molecular flexibility index (Phi) is 3.54. The molecule has 0 atom stereocenters. The zero-order valence-corrected chi connectivity index (χ0v) is 12.1. The molecule has 0 aliphatic carbocycles. The fourth-order valence-electron chi connectivity index (χ4n) is 2.70. The van der Waals surface area contributed by atoms with Crippen molar-refractivity contribution in [3.63, 3.8) is 0 Å². The maximum atomic E-state index is 4.65. The predicted molar refractivity (Wildman–Crippen MR) is 82.7 cm³/mol. The van der Waals surface area contributed by atoms with E-state index in [0.29, 0.717) is 5.95 Å². The molecule has 1 aromatic carbocycles. The van der Waals surface area contributed by atoms with E-state index in [1.807, 2.05) is 6.92 Å². The minimum absolute atomic E-state index is 0.713. The van der Waals surface area contributed by atoms with Gasteiger partial charge in [-0.1, -0.05) is 18.2 Å². The van der Waals surface area contributed by atoms with Crippen LogP contribution in [-0.4, -0.2) is 23.1 Å². The first kappa shape index (κ1) is 12.9. The molecule has 20 heavy (non-hydrogen) atoms. The highest BCUT2D eigenvalue weighted by Gasteiger charge is 2.19. The number of nitrogens with zero attached hydrogens (tertiary/aromatic N) is 3. The molecule has 0 bridgehead atoms. The maximum absolute atomic E-state index is 4.65. The number of hydrogen-bond donors (Lipinski definition) is 1. The number of nitrogens with one attached hydrogen (secondary N) is 1. The predicted octanol–water partition coefficient (Wildman–Crippen LogP) is 3.30. The molecule has 1 aliphatic heterocycles. The summed E-state index contributed by atoms with van der Waals surface area (Å²) in [5.74, 6) is 1.70. The van der Waals surface area contributed by atoms with Gasteiger partial charge in [0.15, 0.2) is 0 Å². The minimum Gasteiger partial charge on any atom is -0.354 e. The van der Waals surface area contributed by atoms with E-state index in [-0.39, 0.29) is 0 Å². The summed E-state index contributed by atoms with van der Waals surface area (Å²) in [5, 5.41) is 3.20. The second kappa shape index (κ2) is 5.49. The molecule has 0 radical (unpaired) electrons. The molecule has 3 rings (SSSR count). The Bertz CT molecular complexity index is 609. The van der Waals surface area contributed by atoms with Crippen LogP contribution in [0.4, 0.5) is 17.5 Å². The quantitative estimate of drug-likeness (QED) is 0.927. The van der Waals surface area contributed by atoms with Crippen LogP contribution in [-0.2, 0) is 6.42 Å². The van der Waals surface area contributed by atoms with Gasteiger partial charge in [0.25, 0.3) is 0 Å². The minimum atomic E-state index is 0.713. The molecule has 1 aliphatic rings. The third kappa shape index (κ3) is 2.46. The fourth-order valence-corrected chi connectivity index (χ4v) is 2.70. The van der Waals surface area contributed by atoms with Crippen LogP contribution in [0.15, 0.2) is 30.3 Å². The largest absolute Gasteiger partial charge is 0.354 e. The number of aromatic nitrogens is 2. The van der Waals surface area contributed by atoms with Gasteiger partial charge in [-0.25, -0.2) is 4.98 Å². The highest BCUT2D eigenvalue weighted by Crippen LogP contribution is 2.32. The van der Waals surface area contributed by atoms with Gasteiger partial charge in [0.05, 0.1) is 0 Å². The van der Waals surface area contributed by atoms with Crippen LogP contribution in [0.25, 0.3) is 0 Å². The average Bonchev–Trinajstić information content (AvgIpc) is 2.46. The number of hydrogen-bond acceptors (Lipinski definition) is 4. The number of aryl methyl sites for hydroxylation is 2. The molecular formula is C16H20N4. The summed E-state index contributed by atoms with van der Waals surface area (Å²) in [5.41, 5.74) is 3.67. The summed E-state index contributed by atoms with van der Waals surface area (Å²) in [6, 6.07) is 10.6. The summed E-state index contributed by atoms with van der Waals surface area (Å²) in [6.45, 7) is 5.92. The standard InChI is InChI=1S/C16H20N4/c1-3-17-16-18-12(2)11-15(19-16)20-10-6-8-13-7-4-5-9-14(13)20/h4-5,7,9,11H,3,6,8,10H2,1-2H3,(H,17,18,19). The van der Waals surface area contributed by atoms with Crippen molar-refractivity contribution in [2.24, 2.45) is 0 Å². The van der Waals surface area contributed by atoms with E-state index in [2.05, 4.69) is 57.4 Å². The number of fused-ring (bicyclic) bond motifs is 1. The van der Waals surface area contributed by atoms with Crippen molar-refractivity contribution in [2.75, 3.05) is 23.3 Å². The zero-order chi connectivity index (χ0) is 13.9. The highest BCUT2D eigenvalue weighted by molar-refractivity contribution is 5.66. The number of para-hydroxylation sites is 1. The van der Waals surface area contributed by atoms with Crippen molar-refractivity contribution >= 4 is 17.5 Å². The third-order valence-corrected chi connectivity index (χ3v) is 3.56. The SMILES string of the molecule is CCNc1nc(C)cc(N2CCCc3ccccc32)n1. The first-order valence-corrected chi connectivity index (χ1v) is 7.23. The Balaban J connectivity index is 2.01. The van der Waals surface area contributed by atoms with Gasteiger partial charge in [-0.2, -0.15) is 4.98 Å². The molecule has 4 heteroatoms. The van der Waals surface area contributed by atoms with Crippen LogP contribution in [0.5, 0.6) is 0 Å². The maximum Gasteiger partial charge on any atom is 0.224 e. The molecule has 0 unspecified atom stereocenters. The average molecular weight is 268 g/mol. The summed E-state index contributed by atoms with van der Waals surface area (Å²) >= 11 is 0. The Morgan fingerprint density at radius 2 is 2.10 bits per heavy atom. The third-order valence-electron chi connectivity index (χ3n) is 3.56. The molecule has 1 N–H and O–H groups in total. The van der Waals surface area contributed by atoms with Gasteiger partial charge >= 0.3 is 0 Å². The van der Waals surface area contributed by atoms with Crippen molar-refractivity contribution in [2.45, 2.75) is 26.7 Å². The van der Waals surface area contributed by atoms with Gasteiger partial charge in [-0.15, -0.1) is 0 Å². The van der Waals surface area contributed by atoms with Crippen molar-refractivity contribution < 1.29 is 0 Å². The molecule has 4 nitrogen and oxygen atoms in total. The molecule has 104 valence electrons. The Labute approximate surface area is 119 Å². The van der Waals surface area contributed by atoms with Crippen LogP contribution in [0.3, 0.4) is 0 Å². The lowest BCUT2D eigenvalue weighted by Gasteiger charge is -2.30. The van der Waals surface area contributed by atoms with Gasteiger partial charge in [0, 0.05) is 30.5 Å². The monoisotopic (exact) mass is 268 g/mol. The van der Waals surface area contributed by atoms with Crippen molar-refractivity contribution in [3.05, 3.63) is 41.6 Å². The summed E-state index contributed by atoms with van der Waals surface area (Å²) in [4.78, 5) is 11.4. The van der Waals surface area contributed by atoms with E-state index < -0.39 is 0 Å². The summed E-state index contributed by atoms with van der Waals surface area (Å²) in [6.07, 6.45) is 2.31. The van der Waals surface area contributed by atoms with E-state index in [0.717, 1.165) is 37.4 Å². The lowest BCUT2D eigenvalue weighted by atomic mass is 10.0. The Morgan fingerprint density at radius 1 is 1.25 bits per heavy atom. The van der Waals surface area contributed by atoms with Crippen molar-refractivity contribution in [3.8, 4) is 0 Å². The molecule has 0 saturated heterocycles. The van der Waals surface area contributed by atoms with E-state index in [1.54, 1.807) is 0 Å². The molecule has 2 heterocycles. The number of benzene rings is 1. The van der Waals surface area contributed by atoms with Crippen molar-refractivity contribution in [1.82, 2.24) is 9.97 Å². The molecular weight excluding hydrogens is 248 g/mol. The van der Waals surface area contributed by atoms with Crippen LogP contribution in [0, 0.1) is 6.92 Å². The number of anilines is 3. The van der Waals surface area contributed by atoms with Gasteiger partial charge in [-0.3, -0.25) is 0 Å². The Hall–Kier alpha value is -2.10. The molecule has 2 aromatic rings. The van der Waals surface area contributed by atoms with Crippen molar-refractivity contribution in [1.29, 1.82) is 0 Å². The van der Waals surface area contributed by atoms with Crippen LogP contribution >= 0.6 is 0 Å². The lowest BCUT2D eigenvalue weighted by Crippen LogP contribution is -2.25. The van der Waals surface area contributed by atoms with Gasteiger partial charge in [-0.05, 0) is 38.3 Å². The molecule has 0 amide bonds. The van der Waals surface area contributed by atoms with Gasteiger partial charge < -0.3 is 10.2 Å². The van der Waals surface area contributed by atoms with E-state index in [9.17, 15) is 0 Å². The zero-order valence-electron chi connectivity index (χ0n) is 12.1. The summed E-state index contributed by atoms with van der Waals surface area (Å²) < 4.78 is 0. The second-order valence-corrected chi connectivity index (χ2v) is 5.11. The normalized spacial score (nSPS) is 14.0. The van der Waals surface area contributed by atoms with Crippen LogP contribution < -0.4 is 10.2 Å². The van der Waals surface area contributed by atoms with Crippen LogP contribution in [0.2, 0.25) is 0 Å². The van der Waals surface area contributed by atoms with Gasteiger partial charge in [0.1, 0.15) is 5.82 Å². The lowest BCUT2D eigenvalue weighted by molar-refractivity contribution is 0.758. The van der Waals surface area contributed by atoms with E-state index in [1.165, 1.54) is 11.3 Å². The first-order chi connectivity index (χ1) is 9.78.